The highest BCUT2D eigenvalue weighted by Gasteiger charge is 2.09. The van der Waals surface area contributed by atoms with Gasteiger partial charge in [0.2, 0.25) is 11.8 Å². The summed E-state index contributed by atoms with van der Waals surface area (Å²) in [6, 6.07) is 13.7. The van der Waals surface area contributed by atoms with Crippen molar-refractivity contribution in [2.75, 3.05) is 5.32 Å². The van der Waals surface area contributed by atoms with E-state index in [1.165, 1.54) is 6.92 Å². The molecule has 140 valence electrons. The van der Waals surface area contributed by atoms with Gasteiger partial charge in [-0.3, -0.25) is 4.79 Å². The van der Waals surface area contributed by atoms with E-state index in [1.54, 1.807) is 6.20 Å². The molecule has 3 rings (SSSR count). The maximum atomic E-state index is 11.2. The van der Waals surface area contributed by atoms with Crippen LogP contribution in [-0.4, -0.2) is 21.9 Å². The van der Waals surface area contributed by atoms with Crippen LogP contribution in [0.4, 0.5) is 5.82 Å². The molecule has 0 aliphatic carbocycles. The number of hydrogen-bond donors (Lipinski definition) is 2. The predicted octanol–water partition coefficient (Wildman–Crippen LogP) is 4.44. The summed E-state index contributed by atoms with van der Waals surface area (Å²) in [6.07, 6.45) is 1.68. The van der Waals surface area contributed by atoms with Crippen molar-refractivity contribution in [1.29, 1.82) is 0 Å². The third-order valence-corrected chi connectivity index (χ3v) is 4.00. The van der Waals surface area contributed by atoms with Gasteiger partial charge < -0.3 is 15.4 Å². The fraction of sp³-hybridized carbons (Fsp3) is 0.286. The van der Waals surface area contributed by atoms with Crippen LogP contribution in [0.1, 0.15) is 39.3 Å². The van der Waals surface area contributed by atoms with Crippen LogP contribution in [0.2, 0.25) is 0 Å². The first-order chi connectivity index (χ1) is 12.9. The van der Waals surface area contributed by atoms with Gasteiger partial charge in [-0.15, -0.1) is 0 Å². The summed E-state index contributed by atoms with van der Waals surface area (Å²) in [4.78, 5) is 20.1. The maximum Gasteiger partial charge on any atom is 0.219 e. The Morgan fingerprint density at radius 2 is 1.89 bits per heavy atom. The molecule has 0 saturated heterocycles. The van der Waals surface area contributed by atoms with Gasteiger partial charge in [-0.2, -0.15) is 0 Å². The molecule has 0 fully saturated rings. The molecule has 6 nitrogen and oxygen atoms in total. The van der Waals surface area contributed by atoms with E-state index in [4.69, 9.17) is 4.74 Å². The number of pyridine rings is 2. The minimum atomic E-state index is -0.0492. The number of benzene rings is 1. The second-order valence-corrected chi connectivity index (χ2v) is 6.80. The molecule has 2 N–H and O–H groups in total. The molecule has 0 radical (unpaired) electrons. The monoisotopic (exact) mass is 364 g/mol. The van der Waals surface area contributed by atoms with E-state index in [0.29, 0.717) is 17.7 Å². The number of anilines is 1. The Morgan fingerprint density at radius 3 is 2.56 bits per heavy atom. The lowest BCUT2D eigenvalue weighted by Gasteiger charge is -2.14. The third kappa shape index (κ3) is 4.94. The van der Waals surface area contributed by atoms with Crippen LogP contribution in [0, 0.1) is 0 Å². The van der Waals surface area contributed by atoms with Gasteiger partial charge in [0.15, 0.2) is 0 Å². The fourth-order valence-corrected chi connectivity index (χ4v) is 2.78. The van der Waals surface area contributed by atoms with Crippen molar-refractivity contribution in [2.45, 2.75) is 39.8 Å². The lowest BCUT2D eigenvalue weighted by atomic mass is 10.1. The molecule has 3 aromatic rings. The molecule has 0 bridgehead atoms. The Labute approximate surface area is 159 Å². The van der Waals surface area contributed by atoms with Crippen LogP contribution in [0.25, 0.3) is 10.9 Å². The average molecular weight is 364 g/mol. The number of hydrogen-bond acceptors (Lipinski definition) is 5. The molecule has 2 heterocycles. The number of nitrogens with one attached hydrogen (secondary N) is 2. The lowest BCUT2D eigenvalue weighted by molar-refractivity contribution is -0.119. The van der Waals surface area contributed by atoms with Crippen molar-refractivity contribution in [3.05, 3.63) is 54.2 Å². The van der Waals surface area contributed by atoms with Gasteiger partial charge in [0, 0.05) is 24.4 Å². The molecular weight excluding hydrogens is 340 g/mol. The number of rotatable bonds is 6. The lowest BCUT2D eigenvalue weighted by Crippen LogP contribution is -2.23. The fourth-order valence-electron chi connectivity index (χ4n) is 2.78. The zero-order valence-corrected chi connectivity index (χ0v) is 16.0. The molecule has 1 unspecified atom stereocenters. The number of aromatic nitrogens is 2. The van der Waals surface area contributed by atoms with Gasteiger partial charge in [-0.05, 0) is 56.7 Å². The molecule has 1 amide bonds. The maximum absolute atomic E-state index is 11.2. The van der Waals surface area contributed by atoms with E-state index in [2.05, 4.69) is 34.4 Å². The van der Waals surface area contributed by atoms with Crippen LogP contribution < -0.4 is 15.4 Å². The number of fused-ring (bicyclic) bond motifs is 1. The summed E-state index contributed by atoms with van der Waals surface area (Å²) in [5, 5.41) is 7.12. The summed E-state index contributed by atoms with van der Waals surface area (Å²) in [5.74, 6) is 1.90. The van der Waals surface area contributed by atoms with Gasteiger partial charge in [-0.25, -0.2) is 9.97 Å². The smallest absolute Gasteiger partial charge is 0.219 e. The quantitative estimate of drug-likeness (QED) is 0.676. The second-order valence-electron chi connectivity index (χ2n) is 6.80. The average Bonchev–Trinajstić information content (AvgIpc) is 2.62. The van der Waals surface area contributed by atoms with E-state index in [9.17, 15) is 4.79 Å². The van der Waals surface area contributed by atoms with Gasteiger partial charge in [0.25, 0.3) is 0 Å². The Bertz CT molecular complexity index is 939. The van der Waals surface area contributed by atoms with Crippen molar-refractivity contribution in [1.82, 2.24) is 15.3 Å². The van der Waals surface area contributed by atoms with Crippen molar-refractivity contribution in [3.63, 3.8) is 0 Å². The van der Waals surface area contributed by atoms with Crippen molar-refractivity contribution < 1.29 is 9.53 Å². The van der Waals surface area contributed by atoms with Crippen molar-refractivity contribution in [3.8, 4) is 11.6 Å². The van der Waals surface area contributed by atoms with Crippen LogP contribution in [0.3, 0.4) is 0 Å². The zero-order valence-electron chi connectivity index (χ0n) is 16.0. The summed E-state index contributed by atoms with van der Waals surface area (Å²) in [5.41, 5.74) is 1.86. The minimum Gasteiger partial charge on any atom is -0.437 e. The van der Waals surface area contributed by atoms with Crippen molar-refractivity contribution >= 4 is 22.6 Å². The third-order valence-electron chi connectivity index (χ3n) is 4.00. The molecule has 6 heteroatoms. The number of nitrogens with zero attached hydrogens (tertiary/aromatic N) is 2. The molecule has 0 aliphatic heterocycles. The molecule has 0 saturated carbocycles. The summed E-state index contributed by atoms with van der Waals surface area (Å²) < 4.78 is 5.82. The summed E-state index contributed by atoms with van der Waals surface area (Å²) >= 11 is 0. The SMILES string of the molecule is CC(=O)NC(C)c1ccc2nc(Oc3ccc(NC(C)C)nc3)ccc2c1. The Morgan fingerprint density at radius 1 is 1.07 bits per heavy atom. The summed E-state index contributed by atoms with van der Waals surface area (Å²) in [7, 11) is 0. The highest BCUT2D eigenvalue weighted by Crippen LogP contribution is 2.25. The topological polar surface area (TPSA) is 76.1 Å². The Hall–Kier alpha value is -3.15. The van der Waals surface area contributed by atoms with E-state index < -0.39 is 0 Å². The molecule has 1 atom stereocenters. The number of amides is 1. The van der Waals surface area contributed by atoms with Crippen LogP contribution >= 0.6 is 0 Å². The van der Waals surface area contributed by atoms with Crippen LogP contribution in [0.15, 0.2) is 48.7 Å². The van der Waals surface area contributed by atoms with Gasteiger partial charge in [0.05, 0.1) is 17.8 Å². The molecule has 2 aromatic heterocycles. The van der Waals surface area contributed by atoms with E-state index in [-0.39, 0.29) is 11.9 Å². The predicted molar refractivity (Wildman–Crippen MR) is 107 cm³/mol. The Balaban J connectivity index is 1.75. The molecule has 27 heavy (non-hydrogen) atoms. The first-order valence-electron chi connectivity index (χ1n) is 8.99. The first kappa shape index (κ1) is 18.6. The highest BCUT2D eigenvalue weighted by molar-refractivity contribution is 5.80. The van der Waals surface area contributed by atoms with E-state index >= 15 is 0 Å². The number of carbonyl (C=O) groups excluding carboxylic acids is 1. The normalized spacial score (nSPS) is 12.0. The Kier molecular flexibility index (Phi) is 5.54. The van der Waals surface area contributed by atoms with Gasteiger partial charge in [0.1, 0.15) is 11.6 Å². The minimum absolute atomic E-state index is 0.0484. The van der Waals surface area contributed by atoms with Crippen LogP contribution in [0.5, 0.6) is 11.6 Å². The number of carbonyl (C=O) groups is 1. The van der Waals surface area contributed by atoms with Gasteiger partial charge in [-0.1, -0.05) is 6.07 Å². The van der Waals surface area contributed by atoms with Gasteiger partial charge >= 0.3 is 0 Å². The van der Waals surface area contributed by atoms with Crippen LogP contribution in [-0.2, 0) is 4.79 Å². The molecule has 0 spiro atoms. The first-order valence-corrected chi connectivity index (χ1v) is 8.99. The highest BCUT2D eigenvalue weighted by atomic mass is 16.5. The number of ether oxygens (including phenoxy) is 1. The van der Waals surface area contributed by atoms with E-state index in [1.807, 2.05) is 49.4 Å². The van der Waals surface area contributed by atoms with E-state index in [0.717, 1.165) is 22.3 Å². The molecule has 1 aromatic carbocycles. The largest absolute Gasteiger partial charge is 0.437 e. The zero-order chi connectivity index (χ0) is 19.4. The molecular formula is C21H24N4O2. The summed E-state index contributed by atoms with van der Waals surface area (Å²) in [6.45, 7) is 7.60. The standard InChI is InChI=1S/C21H24N4O2/c1-13(2)23-20-9-7-18(12-22-20)27-21-10-6-17-11-16(5-8-19(17)25-21)14(3)24-15(4)26/h5-14H,1-4H3,(H,22,23)(H,24,26). The second kappa shape index (κ2) is 8.03. The van der Waals surface area contributed by atoms with Crippen molar-refractivity contribution in [2.24, 2.45) is 0 Å². The molecule has 0 aliphatic rings.